The molecule has 15 heavy (non-hydrogen) atoms. The minimum absolute atomic E-state index is 0. The van der Waals surface area contributed by atoms with Crippen LogP contribution in [0.4, 0.5) is 0 Å². The second kappa shape index (κ2) is 6.63. The molecule has 0 aliphatic rings. The molecular weight excluding hydrogens is 222 g/mol. The third kappa shape index (κ3) is 8.20. The van der Waals surface area contributed by atoms with Crippen LogP contribution in [0.1, 0.15) is 27.2 Å². The van der Waals surface area contributed by atoms with Crippen LogP contribution in [-0.2, 0) is 19.1 Å². The molecule has 0 aromatic rings. The van der Waals surface area contributed by atoms with Crippen molar-refractivity contribution in [1.29, 1.82) is 0 Å². The van der Waals surface area contributed by atoms with Gasteiger partial charge in [0.15, 0.2) is 0 Å². The number of hydrogen-bond acceptors (Lipinski definition) is 5. The molecule has 0 amide bonds. The van der Waals surface area contributed by atoms with Crippen molar-refractivity contribution in [2.45, 2.75) is 38.8 Å². The van der Waals surface area contributed by atoms with Gasteiger partial charge >= 0.3 is 11.9 Å². The first-order chi connectivity index (χ1) is 6.26. The molecular formula is C9H18ClNO4. The first-order valence-corrected chi connectivity index (χ1v) is 4.31. The molecule has 1 unspecified atom stereocenters. The zero-order valence-corrected chi connectivity index (χ0v) is 10.2. The summed E-state index contributed by atoms with van der Waals surface area (Å²) < 4.78 is 9.35. The Bertz CT molecular complexity index is 225. The van der Waals surface area contributed by atoms with E-state index >= 15 is 0 Å². The number of carbonyl (C=O) groups is 2. The summed E-state index contributed by atoms with van der Waals surface area (Å²) in [6, 6.07) is -0.957. The smallest absolute Gasteiger partial charge is 0.324 e. The third-order valence-electron chi connectivity index (χ3n) is 1.32. The lowest BCUT2D eigenvalue weighted by molar-refractivity contribution is -0.159. The molecule has 0 saturated heterocycles. The molecule has 6 heteroatoms. The molecule has 0 aromatic carbocycles. The number of esters is 2. The molecule has 0 rings (SSSR count). The topological polar surface area (TPSA) is 78.6 Å². The van der Waals surface area contributed by atoms with Gasteiger partial charge in [0.05, 0.1) is 13.5 Å². The van der Waals surface area contributed by atoms with Crippen LogP contribution in [0.5, 0.6) is 0 Å². The van der Waals surface area contributed by atoms with Crippen molar-refractivity contribution in [2.75, 3.05) is 7.11 Å². The predicted octanol–water partition coefficient (Wildman–Crippen LogP) is 0.640. The highest BCUT2D eigenvalue weighted by molar-refractivity contribution is 5.85. The van der Waals surface area contributed by atoms with Gasteiger partial charge in [-0.15, -0.1) is 12.4 Å². The molecule has 90 valence electrons. The number of hydrogen-bond donors (Lipinski definition) is 1. The lowest BCUT2D eigenvalue weighted by atomic mass is 10.1. The molecule has 0 saturated carbocycles. The Morgan fingerprint density at radius 3 is 2.13 bits per heavy atom. The van der Waals surface area contributed by atoms with Gasteiger partial charge < -0.3 is 15.2 Å². The number of rotatable bonds is 3. The van der Waals surface area contributed by atoms with E-state index in [-0.39, 0.29) is 18.8 Å². The van der Waals surface area contributed by atoms with Crippen LogP contribution >= 0.6 is 12.4 Å². The molecule has 0 fully saturated rings. The van der Waals surface area contributed by atoms with Crippen LogP contribution in [0, 0.1) is 0 Å². The fourth-order valence-electron chi connectivity index (χ4n) is 0.724. The molecule has 0 spiro atoms. The molecule has 0 aromatic heterocycles. The van der Waals surface area contributed by atoms with Crippen LogP contribution in [0.25, 0.3) is 0 Å². The van der Waals surface area contributed by atoms with Crippen LogP contribution < -0.4 is 5.73 Å². The second-order valence-electron chi connectivity index (χ2n) is 3.92. The number of methoxy groups -OCH3 is 1. The van der Waals surface area contributed by atoms with Crippen molar-refractivity contribution in [2.24, 2.45) is 5.73 Å². The van der Waals surface area contributed by atoms with E-state index in [2.05, 4.69) is 4.74 Å². The number of nitrogens with two attached hydrogens (primary N) is 1. The quantitative estimate of drug-likeness (QED) is 0.732. The van der Waals surface area contributed by atoms with Crippen LogP contribution in [0.3, 0.4) is 0 Å². The minimum atomic E-state index is -0.957. The molecule has 0 bridgehead atoms. The number of ether oxygens (including phenoxy) is 2. The van der Waals surface area contributed by atoms with Crippen molar-refractivity contribution in [1.82, 2.24) is 0 Å². The molecule has 2 N–H and O–H groups in total. The van der Waals surface area contributed by atoms with Crippen molar-refractivity contribution >= 4 is 24.3 Å². The van der Waals surface area contributed by atoms with E-state index in [4.69, 9.17) is 10.5 Å². The first-order valence-electron chi connectivity index (χ1n) is 4.31. The van der Waals surface area contributed by atoms with E-state index in [0.717, 1.165) is 0 Å². The average molecular weight is 240 g/mol. The van der Waals surface area contributed by atoms with Crippen molar-refractivity contribution in [3.8, 4) is 0 Å². The summed E-state index contributed by atoms with van der Waals surface area (Å²) in [7, 11) is 1.24. The maximum atomic E-state index is 11.3. The summed E-state index contributed by atoms with van der Waals surface area (Å²) in [6.07, 6.45) is -0.161. The standard InChI is InChI=1S/C9H17NO4.ClH/c1-9(2,3)14-8(12)6(10)5-7(11)13-4;/h6H,5,10H2,1-4H3;1H. The molecule has 1 atom stereocenters. The van der Waals surface area contributed by atoms with Crippen LogP contribution in [0.2, 0.25) is 0 Å². The summed E-state index contributed by atoms with van der Waals surface area (Å²) in [5, 5.41) is 0. The fraction of sp³-hybridized carbons (Fsp3) is 0.778. The lowest BCUT2D eigenvalue weighted by Crippen LogP contribution is -2.39. The van der Waals surface area contributed by atoms with E-state index in [1.165, 1.54) is 7.11 Å². The summed E-state index contributed by atoms with van der Waals surface area (Å²) in [6.45, 7) is 5.20. The minimum Gasteiger partial charge on any atom is -0.469 e. The predicted molar refractivity (Wildman–Crippen MR) is 57.7 cm³/mol. The lowest BCUT2D eigenvalue weighted by Gasteiger charge is -2.21. The first kappa shape index (κ1) is 16.6. The van der Waals surface area contributed by atoms with Gasteiger partial charge in [0, 0.05) is 0 Å². The monoisotopic (exact) mass is 239 g/mol. The van der Waals surface area contributed by atoms with Crippen molar-refractivity contribution in [3.63, 3.8) is 0 Å². The zero-order valence-electron chi connectivity index (χ0n) is 9.40. The highest BCUT2D eigenvalue weighted by atomic mass is 35.5. The number of carbonyl (C=O) groups excluding carboxylic acids is 2. The SMILES string of the molecule is COC(=O)CC(N)C(=O)OC(C)(C)C.Cl. The van der Waals surface area contributed by atoms with Gasteiger partial charge in [-0.1, -0.05) is 0 Å². The summed E-state index contributed by atoms with van der Waals surface area (Å²) in [5.41, 5.74) is 4.83. The molecule has 0 aliphatic carbocycles. The third-order valence-corrected chi connectivity index (χ3v) is 1.32. The molecule has 5 nitrogen and oxygen atoms in total. The Labute approximate surface area is 95.7 Å². The molecule has 0 radical (unpaired) electrons. The molecule has 0 heterocycles. The summed E-state index contributed by atoms with van der Waals surface area (Å²) in [4.78, 5) is 22.0. The normalized spacial score (nSPS) is 12.3. The van der Waals surface area contributed by atoms with Gasteiger partial charge in [-0.05, 0) is 20.8 Å². The van der Waals surface area contributed by atoms with Crippen molar-refractivity contribution in [3.05, 3.63) is 0 Å². The van der Waals surface area contributed by atoms with E-state index in [9.17, 15) is 9.59 Å². The van der Waals surface area contributed by atoms with Gasteiger partial charge in [-0.25, -0.2) is 0 Å². The fourth-order valence-corrected chi connectivity index (χ4v) is 0.724. The Morgan fingerprint density at radius 2 is 1.80 bits per heavy atom. The van der Waals surface area contributed by atoms with Crippen LogP contribution in [-0.4, -0.2) is 30.7 Å². The van der Waals surface area contributed by atoms with E-state index in [1.807, 2.05) is 0 Å². The second-order valence-corrected chi connectivity index (χ2v) is 3.92. The highest BCUT2D eigenvalue weighted by Crippen LogP contribution is 2.08. The highest BCUT2D eigenvalue weighted by Gasteiger charge is 2.24. The average Bonchev–Trinajstić information content (AvgIpc) is 2.00. The Morgan fingerprint density at radius 1 is 1.33 bits per heavy atom. The van der Waals surface area contributed by atoms with Crippen LogP contribution in [0.15, 0.2) is 0 Å². The Hall–Kier alpha value is -0.810. The largest absolute Gasteiger partial charge is 0.469 e. The van der Waals surface area contributed by atoms with Gasteiger partial charge in [0.2, 0.25) is 0 Å². The Balaban J connectivity index is 0. The van der Waals surface area contributed by atoms with Gasteiger partial charge in [-0.3, -0.25) is 9.59 Å². The maximum absolute atomic E-state index is 11.3. The van der Waals surface area contributed by atoms with Gasteiger partial charge in [0.25, 0.3) is 0 Å². The summed E-state index contributed by atoms with van der Waals surface area (Å²) in [5.74, 6) is -1.12. The Kier molecular flexibility index (Phi) is 7.35. The maximum Gasteiger partial charge on any atom is 0.324 e. The summed E-state index contributed by atoms with van der Waals surface area (Å²) >= 11 is 0. The zero-order chi connectivity index (χ0) is 11.4. The molecule has 0 aliphatic heterocycles. The van der Waals surface area contributed by atoms with Gasteiger partial charge in [-0.2, -0.15) is 0 Å². The van der Waals surface area contributed by atoms with Gasteiger partial charge in [0.1, 0.15) is 11.6 Å². The number of halogens is 1. The van der Waals surface area contributed by atoms with E-state index in [1.54, 1.807) is 20.8 Å². The van der Waals surface area contributed by atoms with Crippen molar-refractivity contribution < 1.29 is 19.1 Å². The van der Waals surface area contributed by atoms with E-state index < -0.39 is 23.6 Å². The van der Waals surface area contributed by atoms with E-state index in [0.29, 0.717) is 0 Å².